The number of rotatable bonds is 1. The van der Waals surface area contributed by atoms with Gasteiger partial charge < -0.3 is 5.73 Å². The minimum atomic E-state index is -4.57. The van der Waals surface area contributed by atoms with Gasteiger partial charge in [-0.05, 0) is 30.2 Å². The van der Waals surface area contributed by atoms with E-state index in [0.717, 1.165) is 17.5 Å². The lowest BCUT2D eigenvalue weighted by Gasteiger charge is -2.11. The zero-order chi connectivity index (χ0) is 13.7. The van der Waals surface area contributed by atoms with E-state index >= 15 is 0 Å². The van der Waals surface area contributed by atoms with Gasteiger partial charge in [-0.25, -0.2) is 8.42 Å². The molecule has 0 bridgehead atoms. The van der Waals surface area contributed by atoms with Gasteiger partial charge in [0.05, 0.1) is 10.5 Å². The third-order valence-electron chi connectivity index (χ3n) is 2.70. The molecule has 1 heterocycles. The molecule has 0 saturated carbocycles. The van der Waals surface area contributed by atoms with Gasteiger partial charge in [-0.15, -0.1) is 0 Å². The molecule has 7 heteroatoms. The topological polar surface area (TPSA) is 60.2 Å². The number of nitrogens with two attached hydrogens (primary N) is 1. The number of halogens is 3. The van der Waals surface area contributed by atoms with Crippen LogP contribution in [0.15, 0.2) is 28.5 Å². The highest BCUT2D eigenvalue weighted by Gasteiger charge is 2.35. The van der Waals surface area contributed by atoms with Crippen molar-refractivity contribution in [2.45, 2.75) is 24.0 Å². The third-order valence-corrected chi connectivity index (χ3v) is 4.21. The smallest absolute Gasteiger partial charge is 0.324 e. The van der Waals surface area contributed by atoms with Gasteiger partial charge in [0.2, 0.25) is 9.84 Å². The predicted octanol–water partition coefficient (Wildman–Crippen LogP) is 2.18. The molecule has 0 saturated heterocycles. The first-order chi connectivity index (χ1) is 8.13. The van der Waals surface area contributed by atoms with Crippen LogP contribution in [0.3, 0.4) is 0 Å². The van der Waals surface area contributed by atoms with Crippen molar-refractivity contribution in [1.29, 1.82) is 0 Å². The monoisotopic (exact) mass is 277 g/mol. The Hall–Kier alpha value is -1.34. The molecule has 1 aliphatic heterocycles. The lowest BCUT2D eigenvalue weighted by Crippen LogP contribution is -2.16. The summed E-state index contributed by atoms with van der Waals surface area (Å²) in [5.74, 6) is 0. The molecule has 1 unspecified atom stereocenters. The summed E-state index contributed by atoms with van der Waals surface area (Å²) < 4.78 is 61.1. The van der Waals surface area contributed by atoms with Crippen molar-refractivity contribution >= 4 is 15.4 Å². The maximum absolute atomic E-state index is 12.5. The van der Waals surface area contributed by atoms with Crippen molar-refractivity contribution in [3.63, 3.8) is 0 Å². The summed E-state index contributed by atoms with van der Waals surface area (Å²) in [5, 5.41) is 0.933. The molecule has 0 fully saturated rings. The predicted molar refractivity (Wildman–Crippen MR) is 60.3 cm³/mol. The molecule has 1 aromatic rings. The molecule has 3 nitrogen and oxygen atoms in total. The molecular formula is C11H10F3NO2S. The van der Waals surface area contributed by atoms with Crippen molar-refractivity contribution in [3.05, 3.63) is 34.7 Å². The van der Waals surface area contributed by atoms with Crippen LogP contribution in [0, 0.1) is 0 Å². The summed E-state index contributed by atoms with van der Waals surface area (Å²) in [6.07, 6.45) is -4.57. The van der Waals surface area contributed by atoms with E-state index in [0.29, 0.717) is 11.6 Å². The summed E-state index contributed by atoms with van der Waals surface area (Å²) in [6, 6.07) is 2.10. The summed E-state index contributed by atoms with van der Waals surface area (Å²) in [5.41, 5.74) is 5.20. The average molecular weight is 277 g/mol. The van der Waals surface area contributed by atoms with Crippen LogP contribution in [0.4, 0.5) is 13.2 Å². The van der Waals surface area contributed by atoms with Crippen LogP contribution < -0.4 is 5.73 Å². The molecule has 18 heavy (non-hydrogen) atoms. The van der Waals surface area contributed by atoms with E-state index in [1.807, 2.05) is 0 Å². The number of hydrogen-bond acceptors (Lipinski definition) is 3. The maximum atomic E-state index is 12.5. The molecule has 0 spiro atoms. The van der Waals surface area contributed by atoms with Crippen LogP contribution in [0.25, 0.3) is 5.57 Å². The van der Waals surface area contributed by atoms with Gasteiger partial charge in [0, 0.05) is 11.4 Å². The van der Waals surface area contributed by atoms with E-state index in [1.54, 1.807) is 6.92 Å². The lowest BCUT2D eigenvalue weighted by molar-refractivity contribution is -0.137. The maximum Gasteiger partial charge on any atom is 0.416 e. The largest absolute Gasteiger partial charge is 0.416 e. The molecule has 0 radical (unpaired) electrons. The second-order valence-electron chi connectivity index (χ2n) is 4.12. The Morgan fingerprint density at radius 3 is 2.39 bits per heavy atom. The first kappa shape index (κ1) is 13.1. The number of alkyl halides is 3. The highest BCUT2D eigenvalue weighted by atomic mass is 32.2. The minimum Gasteiger partial charge on any atom is -0.324 e. The van der Waals surface area contributed by atoms with Crippen LogP contribution in [-0.2, 0) is 16.0 Å². The second-order valence-corrected chi connectivity index (χ2v) is 5.88. The average Bonchev–Trinajstić information content (AvgIpc) is 2.50. The molecule has 0 aliphatic carbocycles. The summed E-state index contributed by atoms with van der Waals surface area (Å²) in [6.45, 7) is 1.58. The molecule has 1 aliphatic rings. The fourth-order valence-corrected chi connectivity index (χ4v) is 3.41. The Bertz CT molecular complexity index is 630. The third kappa shape index (κ3) is 2.04. The first-order valence-corrected chi connectivity index (χ1v) is 6.61. The van der Waals surface area contributed by atoms with Gasteiger partial charge in [-0.1, -0.05) is 6.07 Å². The minimum absolute atomic E-state index is 0.248. The van der Waals surface area contributed by atoms with Gasteiger partial charge in [0.15, 0.2) is 0 Å². The molecule has 2 rings (SSSR count). The van der Waals surface area contributed by atoms with E-state index in [9.17, 15) is 21.6 Å². The molecule has 1 aromatic carbocycles. The van der Waals surface area contributed by atoms with Crippen molar-refractivity contribution in [2.24, 2.45) is 5.73 Å². The van der Waals surface area contributed by atoms with Crippen molar-refractivity contribution in [1.82, 2.24) is 0 Å². The van der Waals surface area contributed by atoms with Gasteiger partial charge >= 0.3 is 6.18 Å². The summed E-state index contributed by atoms with van der Waals surface area (Å²) >= 11 is 0. The zero-order valence-corrected chi connectivity index (χ0v) is 10.1. The fourth-order valence-electron chi connectivity index (χ4n) is 1.82. The van der Waals surface area contributed by atoms with Crippen LogP contribution in [0.1, 0.15) is 18.1 Å². The van der Waals surface area contributed by atoms with Gasteiger partial charge in [-0.2, -0.15) is 13.2 Å². The number of fused-ring (bicyclic) bond motifs is 1. The SMILES string of the molecule is CC(N)C1=CS(=O)(=O)c2cc(C(F)(F)F)ccc21. The summed E-state index contributed by atoms with van der Waals surface area (Å²) in [7, 11) is -3.82. The van der Waals surface area contributed by atoms with E-state index in [-0.39, 0.29) is 10.5 Å². The van der Waals surface area contributed by atoms with E-state index in [2.05, 4.69) is 0 Å². The van der Waals surface area contributed by atoms with Crippen molar-refractivity contribution in [3.8, 4) is 0 Å². The lowest BCUT2D eigenvalue weighted by atomic mass is 10.0. The van der Waals surface area contributed by atoms with Gasteiger partial charge in [0.1, 0.15) is 0 Å². The van der Waals surface area contributed by atoms with Crippen molar-refractivity contribution in [2.75, 3.05) is 0 Å². The molecule has 1 atom stereocenters. The normalized spacial score (nSPS) is 19.3. The highest BCUT2D eigenvalue weighted by Crippen LogP contribution is 2.38. The Balaban J connectivity index is 2.66. The fraction of sp³-hybridized carbons (Fsp3) is 0.273. The Morgan fingerprint density at radius 1 is 1.28 bits per heavy atom. The molecule has 0 aromatic heterocycles. The Morgan fingerprint density at radius 2 is 1.89 bits per heavy atom. The number of hydrogen-bond donors (Lipinski definition) is 1. The quantitative estimate of drug-likeness (QED) is 0.856. The van der Waals surface area contributed by atoms with Crippen LogP contribution in [0.5, 0.6) is 0 Å². The molecule has 98 valence electrons. The number of sulfone groups is 1. The van der Waals surface area contributed by atoms with E-state index in [4.69, 9.17) is 5.73 Å². The van der Waals surface area contributed by atoms with Gasteiger partial charge in [-0.3, -0.25) is 0 Å². The standard InChI is InChI=1S/C11H10F3NO2S/c1-6(15)9-5-18(16,17)10-4-7(11(12,13)14)2-3-8(9)10/h2-6H,15H2,1H3. The van der Waals surface area contributed by atoms with Crippen LogP contribution in [0.2, 0.25) is 0 Å². The first-order valence-electron chi connectivity index (χ1n) is 5.07. The zero-order valence-electron chi connectivity index (χ0n) is 9.32. The molecule has 2 N–H and O–H groups in total. The van der Waals surface area contributed by atoms with Gasteiger partial charge in [0.25, 0.3) is 0 Å². The van der Waals surface area contributed by atoms with Crippen molar-refractivity contribution < 1.29 is 21.6 Å². The van der Waals surface area contributed by atoms with E-state index < -0.39 is 27.6 Å². The Kier molecular flexibility index (Phi) is 2.78. The molecule has 0 amide bonds. The molecular weight excluding hydrogens is 267 g/mol. The summed E-state index contributed by atoms with van der Waals surface area (Å²) in [4.78, 5) is -0.329. The van der Waals surface area contributed by atoms with Crippen LogP contribution >= 0.6 is 0 Å². The second kappa shape index (κ2) is 3.83. The Labute approximate surface area is 102 Å². The van der Waals surface area contributed by atoms with Crippen LogP contribution in [-0.4, -0.2) is 14.5 Å². The highest BCUT2D eigenvalue weighted by molar-refractivity contribution is 7.95. The number of benzene rings is 1. The van der Waals surface area contributed by atoms with E-state index in [1.165, 1.54) is 0 Å².